The summed E-state index contributed by atoms with van der Waals surface area (Å²) in [6.45, 7) is 5.21. The Balaban J connectivity index is 2.27. The van der Waals surface area contributed by atoms with Gasteiger partial charge in [-0.15, -0.1) is 0 Å². The Hall–Kier alpha value is -1.48. The second kappa shape index (κ2) is 5.73. The summed E-state index contributed by atoms with van der Waals surface area (Å²) in [5.74, 6) is 1.96. The van der Waals surface area contributed by atoms with Gasteiger partial charge in [-0.3, -0.25) is 0 Å². The molecule has 1 atom stereocenters. The van der Waals surface area contributed by atoms with E-state index >= 15 is 0 Å². The van der Waals surface area contributed by atoms with Crippen molar-refractivity contribution in [2.75, 3.05) is 6.54 Å². The Kier molecular flexibility index (Phi) is 4.04. The van der Waals surface area contributed by atoms with Crippen LogP contribution in [0.1, 0.15) is 43.4 Å². The number of furan rings is 2. The summed E-state index contributed by atoms with van der Waals surface area (Å²) in [4.78, 5) is 0. The van der Waals surface area contributed by atoms with Gasteiger partial charge in [0.15, 0.2) is 0 Å². The molecule has 0 saturated heterocycles. The molecule has 2 aromatic rings. The Morgan fingerprint density at radius 2 is 2.06 bits per heavy atom. The molecule has 2 heterocycles. The van der Waals surface area contributed by atoms with Gasteiger partial charge in [0.2, 0.25) is 0 Å². The lowest BCUT2D eigenvalue weighted by atomic mass is 10.0. The van der Waals surface area contributed by atoms with Crippen molar-refractivity contribution in [3.63, 3.8) is 0 Å². The molecular weight excluding hydrogens is 214 g/mol. The van der Waals surface area contributed by atoms with Crippen LogP contribution < -0.4 is 5.32 Å². The maximum absolute atomic E-state index is 5.51. The number of hydrogen-bond acceptors (Lipinski definition) is 3. The predicted molar refractivity (Wildman–Crippen MR) is 66.9 cm³/mol. The van der Waals surface area contributed by atoms with Crippen LogP contribution in [-0.2, 0) is 6.42 Å². The zero-order valence-corrected chi connectivity index (χ0v) is 10.4. The molecule has 0 fully saturated rings. The molecule has 1 unspecified atom stereocenters. The zero-order chi connectivity index (χ0) is 12.1. The maximum atomic E-state index is 5.51. The van der Waals surface area contributed by atoms with Gasteiger partial charge in [-0.2, -0.15) is 0 Å². The van der Waals surface area contributed by atoms with Crippen LogP contribution in [0.5, 0.6) is 0 Å². The van der Waals surface area contributed by atoms with Gasteiger partial charge < -0.3 is 14.2 Å². The fourth-order valence-electron chi connectivity index (χ4n) is 2.00. The maximum Gasteiger partial charge on any atom is 0.125 e. The van der Waals surface area contributed by atoms with Crippen LogP contribution in [-0.4, -0.2) is 6.54 Å². The van der Waals surface area contributed by atoms with Crippen molar-refractivity contribution in [1.29, 1.82) is 0 Å². The van der Waals surface area contributed by atoms with Crippen LogP contribution in [0.2, 0.25) is 0 Å². The van der Waals surface area contributed by atoms with Gasteiger partial charge in [0.05, 0.1) is 18.6 Å². The lowest BCUT2D eigenvalue weighted by molar-refractivity contribution is 0.436. The van der Waals surface area contributed by atoms with Crippen LogP contribution in [0.15, 0.2) is 39.6 Å². The van der Waals surface area contributed by atoms with E-state index < -0.39 is 0 Å². The summed E-state index contributed by atoms with van der Waals surface area (Å²) in [7, 11) is 0. The smallest absolute Gasteiger partial charge is 0.125 e. The van der Waals surface area contributed by atoms with Crippen LogP contribution in [0.3, 0.4) is 0 Å². The zero-order valence-electron chi connectivity index (χ0n) is 10.4. The molecule has 0 spiro atoms. The summed E-state index contributed by atoms with van der Waals surface area (Å²) in [5, 5.41) is 3.50. The molecule has 1 N–H and O–H groups in total. The third-order valence-corrected chi connectivity index (χ3v) is 2.84. The fourth-order valence-corrected chi connectivity index (χ4v) is 2.00. The highest BCUT2D eigenvalue weighted by molar-refractivity contribution is 5.28. The highest BCUT2D eigenvalue weighted by Gasteiger charge is 2.20. The van der Waals surface area contributed by atoms with Crippen molar-refractivity contribution in [2.45, 2.75) is 32.7 Å². The van der Waals surface area contributed by atoms with Gasteiger partial charge in [-0.1, -0.05) is 13.8 Å². The van der Waals surface area contributed by atoms with Gasteiger partial charge in [0.25, 0.3) is 0 Å². The van der Waals surface area contributed by atoms with Gasteiger partial charge in [0, 0.05) is 12.0 Å². The van der Waals surface area contributed by atoms with Crippen molar-refractivity contribution in [1.82, 2.24) is 5.32 Å². The standard InChI is InChI=1S/C14H19NO2/c1-3-8-15-14(13-6-5-9-16-13)11-7-10-17-12(11)4-2/h5-7,9-10,14-15H,3-4,8H2,1-2H3. The number of hydrogen-bond donors (Lipinski definition) is 1. The first-order chi connectivity index (χ1) is 8.36. The summed E-state index contributed by atoms with van der Waals surface area (Å²) in [6.07, 6.45) is 5.45. The SMILES string of the molecule is CCCNC(c1ccco1)c1ccoc1CC. The highest BCUT2D eigenvalue weighted by atomic mass is 16.3. The number of nitrogens with one attached hydrogen (secondary N) is 1. The van der Waals surface area contributed by atoms with Gasteiger partial charge >= 0.3 is 0 Å². The average Bonchev–Trinajstić information content (AvgIpc) is 3.00. The largest absolute Gasteiger partial charge is 0.469 e. The highest BCUT2D eigenvalue weighted by Crippen LogP contribution is 2.26. The van der Waals surface area contributed by atoms with Crippen LogP contribution >= 0.6 is 0 Å². The second-order valence-corrected chi connectivity index (χ2v) is 4.06. The second-order valence-electron chi connectivity index (χ2n) is 4.06. The van der Waals surface area contributed by atoms with E-state index in [1.165, 1.54) is 5.56 Å². The monoisotopic (exact) mass is 233 g/mol. The summed E-state index contributed by atoms with van der Waals surface area (Å²) in [6, 6.07) is 6.04. The average molecular weight is 233 g/mol. The molecule has 0 amide bonds. The molecule has 17 heavy (non-hydrogen) atoms. The first-order valence-electron chi connectivity index (χ1n) is 6.19. The van der Waals surface area contributed by atoms with Crippen LogP contribution in [0, 0.1) is 0 Å². The summed E-state index contributed by atoms with van der Waals surface area (Å²) >= 11 is 0. The Morgan fingerprint density at radius 3 is 2.71 bits per heavy atom. The van der Waals surface area contributed by atoms with E-state index in [-0.39, 0.29) is 6.04 Å². The lowest BCUT2D eigenvalue weighted by Gasteiger charge is -2.16. The van der Waals surface area contributed by atoms with Gasteiger partial charge in [-0.05, 0) is 31.2 Å². The van der Waals surface area contributed by atoms with E-state index in [0.29, 0.717) is 0 Å². The topological polar surface area (TPSA) is 38.3 Å². The summed E-state index contributed by atoms with van der Waals surface area (Å²) < 4.78 is 11.0. The lowest BCUT2D eigenvalue weighted by Crippen LogP contribution is -2.23. The quantitative estimate of drug-likeness (QED) is 0.829. The van der Waals surface area contributed by atoms with Gasteiger partial charge in [-0.25, -0.2) is 0 Å². The minimum atomic E-state index is 0.0960. The Bertz CT molecular complexity index is 431. The molecule has 0 aliphatic rings. The molecule has 2 rings (SSSR count). The van der Waals surface area contributed by atoms with Crippen molar-refractivity contribution in [3.05, 3.63) is 47.8 Å². The van der Waals surface area contributed by atoms with E-state index in [1.54, 1.807) is 12.5 Å². The first kappa shape index (κ1) is 12.0. The normalized spacial score (nSPS) is 12.8. The first-order valence-corrected chi connectivity index (χ1v) is 6.19. The molecule has 0 aliphatic carbocycles. The molecule has 0 aromatic carbocycles. The van der Waals surface area contributed by atoms with Crippen molar-refractivity contribution in [2.24, 2.45) is 0 Å². The molecule has 0 saturated carbocycles. The Labute approximate surface area is 102 Å². The van der Waals surface area contributed by atoms with Crippen molar-refractivity contribution < 1.29 is 8.83 Å². The number of aryl methyl sites for hydroxylation is 1. The van der Waals surface area contributed by atoms with E-state index in [4.69, 9.17) is 8.83 Å². The molecule has 3 heteroatoms. The van der Waals surface area contributed by atoms with E-state index in [1.807, 2.05) is 18.2 Å². The fraction of sp³-hybridized carbons (Fsp3) is 0.429. The van der Waals surface area contributed by atoms with Crippen molar-refractivity contribution >= 4 is 0 Å². The Morgan fingerprint density at radius 1 is 1.18 bits per heavy atom. The molecular formula is C14H19NO2. The van der Waals surface area contributed by atoms with Crippen molar-refractivity contribution in [3.8, 4) is 0 Å². The van der Waals surface area contributed by atoms with Gasteiger partial charge in [0.1, 0.15) is 11.5 Å². The third kappa shape index (κ3) is 2.61. The third-order valence-electron chi connectivity index (χ3n) is 2.84. The minimum Gasteiger partial charge on any atom is -0.469 e. The van der Waals surface area contributed by atoms with E-state index in [0.717, 1.165) is 30.9 Å². The molecule has 2 aromatic heterocycles. The predicted octanol–water partition coefficient (Wildman–Crippen LogP) is 3.52. The van der Waals surface area contributed by atoms with E-state index in [2.05, 4.69) is 19.2 Å². The molecule has 0 bridgehead atoms. The van der Waals surface area contributed by atoms with Crippen LogP contribution in [0.25, 0.3) is 0 Å². The molecule has 92 valence electrons. The minimum absolute atomic E-state index is 0.0960. The van der Waals surface area contributed by atoms with Crippen LogP contribution in [0.4, 0.5) is 0 Å². The molecule has 3 nitrogen and oxygen atoms in total. The number of rotatable bonds is 6. The molecule has 0 radical (unpaired) electrons. The molecule has 0 aliphatic heterocycles. The van der Waals surface area contributed by atoms with E-state index in [9.17, 15) is 0 Å². The summed E-state index contributed by atoms with van der Waals surface area (Å²) in [5.41, 5.74) is 1.18.